The minimum atomic E-state index is -0.471. The Labute approximate surface area is 72.0 Å². The molecule has 1 amide bonds. The molecule has 0 aromatic heterocycles. The van der Waals surface area contributed by atoms with E-state index in [0.29, 0.717) is 12.4 Å². The first-order valence-corrected chi connectivity index (χ1v) is 4.05. The van der Waals surface area contributed by atoms with Crippen LogP contribution in [0.25, 0.3) is 0 Å². The van der Waals surface area contributed by atoms with Crippen molar-refractivity contribution in [1.29, 1.82) is 0 Å². The van der Waals surface area contributed by atoms with Gasteiger partial charge in [0.05, 0.1) is 0 Å². The topological polar surface area (TPSA) is 50.7 Å². The number of nitrogens with zero attached hydrogens (tertiary/aromatic N) is 1. The van der Waals surface area contributed by atoms with Crippen LogP contribution >= 0.6 is 0 Å². The van der Waals surface area contributed by atoms with E-state index in [-0.39, 0.29) is 12.5 Å². The van der Waals surface area contributed by atoms with Gasteiger partial charge in [0, 0.05) is 6.61 Å². The Kier molecular flexibility index (Phi) is 2.47. The molecular weight excluding hydrogens is 156 g/mol. The van der Waals surface area contributed by atoms with E-state index >= 15 is 0 Å². The Morgan fingerprint density at radius 2 is 2.33 bits per heavy atom. The molecule has 1 rings (SSSR count). The SMILES string of the molecule is CCOC(C)(C)C1=NCC(=O)N1. The van der Waals surface area contributed by atoms with Crippen molar-refractivity contribution in [2.75, 3.05) is 13.2 Å². The summed E-state index contributed by atoms with van der Waals surface area (Å²) in [7, 11) is 0. The molecule has 0 fully saturated rings. The van der Waals surface area contributed by atoms with Crippen molar-refractivity contribution in [1.82, 2.24) is 5.32 Å². The van der Waals surface area contributed by atoms with Gasteiger partial charge in [0.25, 0.3) is 0 Å². The fraction of sp³-hybridized carbons (Fsp3) is 0.750. The summed E-state index contributed by atoms with van der Waals surface area (Å²) < 4.78 is 5.42. The normalized spacial score (nSPS) is 17.6. The number of amides is 1. The van der Waals surface area contributed by atoms with Crippen LogP contribution < -0.4 is 5.32 Å². The van der Waals surface area contributed by atoms with Crippen LogP contribution in [0.1, 0.15) is 20.8 Å². The zero-order valence-electron chi connectivity index (χ0n) is 7.68. The van der Waals surface area contributed by atoms with Crippen molar-refractivity contribution in [2.45, 2.75) is 26.4 Å². The molecule has 1 heterocycles. The molecule has 0 aromatic rings. The largest absolute Gasteiger partial charge is 0.368 e. The molecule has 0 aliphatic carbocycles. The van der Waals surface area contributed by atoms with Crippen LogP contribution in [0.15, 0.2) is 4.99 Å². The predicted octanol–water partition coefficient (Wildman–Crippen LogP) is 0.330. The standard InChI is InChI=1S/C8H14N2O2/c1-4-12-8(2,3)7-9-5-6(11)10-7/h4-5H2,1-3H3,(H,9,10,11). The van der Waals surface area contributed by atoms with Gasteiger partial charge in [-0.05, 0) is 20.8 Å². The maximum atomic E-state index is 10.8. The van der Waals surface area contributed by atoms with Crippen LogP contribution in [0.4, 0.5) is 0 Å². The minimum Gasteiger partial charge on any atom is -0.368 e. The lowest BCUT2D eigenvalue weighted by Crippen LogP contribution is -2.43. The van der Waals surface area contributed by atoms with Gasteiger partial charge in [0.15, 0.2) is 0 Å². The zero-order chi connectivity index (χ0) is 9.19. The average Bonchev–Trinajstić information content (AvgIpc) is 2.36. The summed E-state index contributed by atoms with van der Waals surface area (Å²) in [5, 5.41) is 2.66. The third-order valence-corrected chi connectivity index (χ3v) is 1.71. The number of rotatable bonds is 3. The number of carbonyl (C=O) groups is 1. The van der Waals surface area contributed by atoms with Gasteiger partial charge in [0.2, 0.25) is 5.91 Å². The van der Waals surface area contributed by atoms with Gasteiger partial charge >= 0.3 is 0 Å². The van der Waals surface area contributed by atoms with Gasteiger partial charge < -0.3 is 10.1 Å². The molecule has 4 nitrogen and oxygen atoms in total. The summed E-state index contributed by atoms with van der Waals surface area (Å²) in [4.78, 5) is 14.9. The lowest BCUT2D eigenvalue weighted by Gasteiger charge is -2.24. The molecule has 0 bridgehead atoms. The van der Waals surface area contributed by atoms with Crippen molar-refractivity contribution in [3.8, 4) is 0 Å². The Bertz CT molecular complexity index is 221. The summed E-state index contributed by atoms with van der Waals surface area (Å²) in [5.41, 5.74) is -0.471. The number of nitrogens with one attached hydrogen (secondary N) is 1. The van der Waals surface area contributed by atoms with Crippen LogP contribution in [0.5, 0.6) is 0 Å². The third kappa shape index (κ3) is 1.82. The molecule has 1 aliphatic heterocycles. The van der Waals surface area contributed by atoms with Gasteiger partial charge in [-0.25, -0.2) is 0 Å². The summed E-state index contributed by atoms with van der Waals surface area (Å²) >= 11 is 0. The predicted molar refractivity (Wildman–Crippen MR) is 46.1 cm³/mol. The fourth-order valence-corrected chi connectivity index (χ4v) is 1.13. The van der Waals surface area contributed by atoms with Crippen LogP contribution in [0.3, 0.4) is 0 Å². The van der Waals surface area contributed by atoms with E-state index in [4.69, 9.17) is 4.74 Å². The molecule has 0 aromatic carbocycles. The van der Waals surface area contributed by atoms with E-state index in [1.54, 1.807) is 0 Å². The van der Waals surface area contributed by atoms with Crippen molar-refractivity contribution in [3.63, 3.8) is 0 Å². The van der Waals surface area contributed by atoms with E-state index < -0.39 is 5.60 Å². The number of hydrogen-bond acceptors (Lipinski definition) is 3. The Morgan fingerprint density at radius 1 is 1.67 bits per heavy atom. The maximum Gasteiger partial charge on any atom is 0.247 e. The smallest absolute Gasteiger partial charge is 0.247 e. The van der Waals surface area contributed by atoms with E-state index in [0.717, 1.165) is 0 Å². The molecule has 0 saturated carbocycles. The highest BCUT2D eigenvalue weighted by atomic mass is 16.5. The molecule has 0 spiro atoms. The van der Waals surface area contributed by atoms with Crippen LogP contribution in [0, 0.1) is 0 Å². The van der Waals surface area contributed by atoms with Crippen molar-refractivity contribution in [3.05, 3.63) is 0 Å². The highest BCUT2D eigenvalue weighted by Crippen LogP contribution is 2.12. The molecular formula is C8H14N2O2. The van der Waals surface area contributed by atoms with E-state index in [2.05, 4.69) is 10.3 Å². The zero-order valence-corrected chi connectivity index (χ0v) is 7.68. The number of ether oxygens (including phenoxy) is 1. The van der Waals surface area contributed by atoms with Gasteiger partial charge in [-0.15, -0.1) is 0 Å². The first kappa shape index (κ1) is 9.19. The monoisotopic (exact) mass is 170 g/mol. The summed E-state index contributed by atoms with van der Waals surface area (Å²) in [6.07, 6.45) is 0. The Balaban J connectivity index is 2.63. The number of amidine groups is 1. The lowest BCUT2D eigenvalue weighted by atomic mass is 10.1. The lowest BCUT2D eigenvalue weighted by molar-refractivity contribution is -0.117. The number of carbonyl (C=O) groups excluding carboxylic acids is 1. The van der Waals surface area contributed by atoms with Gasteiger partial charge in [-0.2, -0.15) is 0 Å². The molecule has 12 heavy (non-hydrogen) atoms. The second kappa shape index (κ2) is 3.23. The molecule has 0 atom stereocenters. The van der Waals surface area contributed by atoms with E-state index in [9.17, 15) is 4.79 Å². The molecule has 0 unspecified atom stereocenters. The second-order valence-electron chi connectivity index (χ2n) is 3.16. The first-order valence-electron chi connectivity index (χ1n) is 4.05. The second-order valence-corrected chi connectivity index (χ2v) is 3.16. The molecule has 0 saturated heterocycles. The van der Waals surface area contributed by atoms with Gasteiger partial charge in [-0.3, -0.25) is 9.79 Å². The average molecular weight is 170 g/mol. The molecule has 1 N–H and O–H groups in total. The molecule has 0 radical (unpaired) electrons. The summed E-state index contributed by atoms with van der Waals surface area (Å²) in [5.74, 6) is 0.576. The Morgan fingerprint density at radius 3 is 2.75 bits per heavy atom. The van der Waals surface area contributed by atoms with Crippen molar-refractivity contribution in [2.24, 2.45) is 4.99 Å². The number of aliphatic imine (C=N–C) groups is 1. The first-order chi connectivity index (χ1) is 5.56. The maximum absolute atomic E-state index is 10.8. The Hall–Kier alpha value is -0.900. The molecule has 1 aliphatic rings. The van der Waals surface area contributed by atoms with Crippen LogP contribution in [0.2, 0.25) is 0 Å². The van der Waals surface area contributed by atoms with Gasteiger partial charge in [0.1, 0.15) is 18.0 Å². The quantitative estimate of drug-likeness (QED) is 0.663. The van der Waals surface area contributed by atoms with E-state index in [1.165, 1.54) is 0 Å². The molecule has 68 valence electrons. The van der Waals surface area contributed by atoms with Crippen LogP contribution in [-0.2, 0) is 9.53 Å². The molecule has 4 heteroatoms. The third-order valence-electron chi connectivity index (χ3n) is 1.71. The van der Waals surface area contributed by atoms with Crippen LogP contribution in [-0.4, -0.2) is 30.5 Å². The summed E-state index contributed by atoms with van der Waals surface area (Å²) in [6.45, 7) is 6.54. The van der Waals surface area contributed by atoms with Crippen molar-refractivity contribution >= 4 is 11.7 Å². The van der Waals surface area contributed by atoms with E-state index in [1.807, 2.05) is 20.8 Å². The summed E-state index contributed by atoms with van der Waals surface area (Å²) in [6, 6.07) is 0. The van der Waals surface area contributed by atoms with Crippen molar-refractivity contribution < 1.29 is 9.53 Å². The highest BCUT2D eigenvalue weighted by molar-refractivity contribution is 6.07. The minimum absolute atomic E-state index is 0.0576. The fourth-order valence-electron chi connectivity index (χ4n) is 1.13. The van der Waals surface area contributed by atoms with Gasteiger partial charge in [-0.1, -0.05) is 0 Å². The highest BCUT2D eigenvalue weighted by Gasteiger charge is 2.29. The number of hydrogen-bond donors (Lipinski definition) is 1.